The lowest BCUT2D eigenvalue weighted by molar-refractivity contribution is 0.0544. The molecule has 0 saturated carbocycles. The molecule has 0 spiro atoms. The van der Waals surface area contributed by atoms with E-state index in [1.165, 1.54) is 80.5 Å². The second kappa shape index (κ2) is 8.08. The van der Waals surface area contributed by atoms with Crippen LogP contribution in [0.5, 0.6) is 0 Å². The standard InChI is InChI=1S/C38H44/c1-22(2)33-24(4)19-37(9)21-36(8)20-32-31(30-16-15-28-12-11-13-29(28)18-30)17-14-23(3)34(32)25(5)35(36)27(7)38(37,10)26(33)6/h14-18H,1,5-6,11-13,19-21H2,2-4,7-10H3/t36-,37+,38-/m1/s1. The van der Waals surface area contributed by atoms with Gasteiger partial charge in [0, 0.05) is 5.41 Å². The predicted molar refractivity (Wildman–Crippen MR) is 164 cm³/mol. The van der Waals surface area contributed by atoms with Crippen molar-refractivity contribution in [3.8, 4) is 11.1 Å². The first-order valence-electron chi connectivity index (χ1n) is 14.5. The molecular weight excluding hydrogens is 456 g/mol. The zero-order chi connectivity index (χ0) is 27.4. The Morgan fingerprint density at radius 1 is 0.895 bits per heavy atom. The summed E-state index contributed by atoms with van der Waals surface area (Å²) in [6, 6.07) is 11.9. The number of benzene rings is 2. The highest BCUT2D eigenvalue weighted by atomic mass is 14.6. The summed E-state index contributed by atoms with van der Waals surface area (Å²) in [4.78, 5) is 0. The summed E-state index contributed by atoms with van der Waals surface area (Å²) in [7, 11) is 0. The van der Waals surface area contributed by atoms with Gasteiger partial charge in [-0.05, 0) is 138 Å². The SMILES string of the molecule is C=C(C)C1=C(C)C[C@@]2(C)C[C@@]3(C)Cc4c(-c5ccc6c(c5)CCC6)ccc(C)c4C(=C)C3=C(C)[C@@]2(C)C1=C. The summed E-state index contributed by atoms with van der Waals surface area (Å²) >= 11 is 0. The topological polar surface area (TPSA) is 0 Å². The first kappa shape index (κ1) is 25.4. The van der Waals surface area contributed by atoms with Gasteiger partial charge in [-0.3, -0.25) is 0 Å². The van der Waals surface area contributed by atoms with E-state index in [2.05, 4.69) is 85.4 Å². The second-order valence-corrected chi connectivity index (χ2v) is 13.8. The molecule has 0 fully saturated rings. The number of fused-ring (bicyclic) bond motifs is 4. The van der Waals surface area contributed by atoms with Crippen LogP contribution in [0.25, 0.3) is 16.7 Å². The highest BCUT2D eigenvalue weighted by molar-refractivity contribution is 5.90. The van der Waals surface area contributed by atoms with Gasteiger partial charge in [-0.25, -0.2) is 0 Å². The largest absolute Gasteiger partial charge is 0.0955 e. The van der Waals surface area contributed by atoms with Crippen LogP contribution in [0, 0.1) is 23.2 Å². The van der Waals surface area contributed by atoms with Gasteiger partial charge >= 0.3 is 0 Å². The van der Waals surface area contributed by atoms with E-state index in [4.69, 9.17) is 13.2 Å². The van der Waals surface area contributed by atoms with Gasteiger partial charge < -0.3 is 0 Å². The van der Waals surface area contributed by atoms with Gasteiger partial charge in [0.15, 0.2) is 0 Å². The van der Waals surface area contributed by atoms with E-state index in [0.29, 0.717) is 0 Å². The molecule has 196 valence electrons. The number of allylic oxidation sites excluding steroid dienone is 7. The molecule has 4 aliphatic carbocycles. The molecule has 38 heavy (non-hydrogen) atoms. The third kappa shape index (κ3) is 3.16. The average Bonchev–Trinajstić information content (AvgIpc) is 3.29. The molecule has 6 rings (SSSR count). The van der Waals surface area contributed by atoms with Crippen LogP contribution in [0.15, 0.2) is 83.5 Å². The predicted octanol–water partition coefficient (Wildman–Crippen LogP) is 10.3. The third-order valence-corrected chi connectivity index (χ3v) is 11.2. The number of hydrogen-bond acceptors (Lipinski definition) is 0. The normalized spacial score (nSPS) is 30.2. The van der Waals surface area contributed by atoms with Crippen LogP contribution in [0.2, 0.25) is 0 Å². The molecule has 0 saturated heterocycles. The summed E-state index contributed by atoms with van der Waals surface area (Å²) in [6.45, 7) is 30.6. The van der Waals surface area contributed by atoms with E-state index in [0.717, 1.165) is 24.8 Å². The summed E-state index contributed by atoms with van der Waals surface area (Å²) in [5, 5.41) is 0. The fraction of sp³-hybridized carbons (Fsp3) is 0.421. The van der Waals surface area contributed by atoms with Crippen molar-refractivity contribution >= 4 is 5.57 Å². The van der Waals surface area contributed by atoms with Crippen molar-refractivity contribution in [1.82, 2.24) is 0 Å². The number of hydrogen-bond donors (Lipinski definition) is 0. The number of aryl methyl sites for hydroxylation is 3. The Kier molecular flexibility index (Phi) is 5.40. The molecule has 0 unspecified atom stereocenters. The molecule has 0 bridgehead atoms. The van der Waals surface area contributed by atoms with E-state index in [1.807, 2.05) is 0 Å². The van der Waals surface area contributed by atoms with E-state index >= 15 is 0 Å². The molecule has 0 nitrogen and oxygen atoms in total. The summed E-state index contributed by atoms with van der Waals surface area (Å²) in [5.41, 5.74) is 19.5. The van der Waals surface area contributed by atoms with Crippen LogP contribution >= 0.6 is 0 Å². The summed E-state index contributed by atoms with van der Waals surface area (Å²) < 4.78 is 0. The van der Waals surface area contributed by atoms with E-state index < -0.39 is 0 Å². The fourth-order valence-corrected chi connectivity index (χ4v) is 9.55. The lowest BCUT2D eigenvalue weighted by atomic mass is 9.41. The van der Waals surface area contributed by atoms with E-state index in [-0.39, 0.29) is 16.2 Å². The minimum absolute atomic E-state index is 0.0446. The van der Waals surface area contributed by atoms with Crippen LogP contribution in [0.3, 0.4) is 0 Å². The Morgan fingerprint density at radius 3 is 2.32 bits per heavy atom. The van der Waals surface area contributed by atoms with E-state index in [1.54, 1.807) is 11.1 Å². The van der Waals surface area contributed by atoms with Crippen molar-refractivity contribution in [3.63, 3.8) is 0 Å². The van der Waals surface area contributed by atoms with Gasteiger partial charge in [0.25, 0.3) is 0 Å². The highest BCUT2D eigenvalue weighted by Gasteiger charge is 2.59. The zero-order valence-corrected chi connectivity index (χ0v) is 24.8. The van der Waals surface area contributed by atoms with Gasteiger partial charge in [0.1, 0.15) is 0 Å². The van der Waals surface area contributed by atoms with E-state index in [9.17, 15) is 0 Å². The molecule has 0 amide bonds. The van der Waals surface area contributed by atoms with Crippen LogP contribution in [-0.4, -0.2) is 0 Å². The molecule has 2 aromatic rings. The Hall–Kier alpha value is -2.86. The fourth-order valence-electron chi connectivity index (χ4n) is 9.55. The first-order valence-corrected chi connectivity index (χ1v) is 14.5. The zero-order valence-electron chi connectivity index (χ0n) is 24.8. The quantitative estimate of drug-likeness (QED) is 0.385. The lowest BCUT2D eigenvalue weighted by Gasteiger charge is -2.62. The van der Waals surface area contributed by atoms with Crippen LogP contribution in [0.4, 0.5) is 0 Å². The van der Waals surface area contributed by atoms with Crippen LogP contribution in [-0.2, 0) is 19.3 Å². The smallest absolute Gasteiger partial charge is 0.0194 e. The monoisotopic (exact) mass is 500 g/mol. The van der Waals surface area contributed by atoms with Gasteiger partial charge in [-0.15, -0.1) is 0 Å². The molecule has 0 heteroatoms. The number of rotatable bonds is 2. The van der Waals surface area contributed by atoms with Gasteiger partial charge in [-0.2, -0.15) is 0 Å². The maximum Gasteiger partial charge on any atom is 0.0194 e. The van der Waals surface area contributed by atoms with Crippen molar-refractivity contribution in [2.24, 2.45) is 16.2 Å². The van der Waals surface area contributed by atoms with Crippen molar-refractivity contribution in [2.75, 3.05) is 0 Å². The van der Waals surface area contributed by atoms with Gasteiger partial charge in [-0.1, -0.05) is 87.6 Å². The molecular formula is C38H44. The molecule has 0 N–H and O–H groups in total. The highest BCUT2D eigenvalue weighted by Crippen LogP contribution is 2.70. The molecule has 0 radical (unpaired) electrons. The summed E-state index contributed by atoms with van der Waals surface area (Å²) in [6.07, 6.45) is 7.03. The Labute approximate surface area is 231 Å². The van der Waals surface area contributed by atoms with Crippen LogP contribution in [0.1, 0.15) is 88.6 Å². The molecule has 3 atom stereocenters. The Morgan fingerprint density at radius 2 is 1.61 bits per heavy atom. The maximum atomic E-state index is 4.86. The Bertz CT molecular complexity index is 1530. The molecule has 0 heterocycles. The molecule has 0 aromatic heterocycles. The molecule has 2 aromatic carbocycles. The first-order chi connectivity index (χ1) is 17.8. The van der Waals surface area contributed by atoms with Crippen molar-refractivity contribution in [3.05, 3.63) is 111 Å². The van der Waals surface area contributed by atoms with Crippen LogP contribution < -0.4 is 0 Å². The minimum atomic E-state index is -0.110. The van der Waals surface area contributed by atoms with Gasteiger partial charge in [0.05, 0.1) is 0 Å². The minimum Gasteiger partial charge on any atom is -0.0955 e. The second-order valence-electron chi connectivity index (χ2n) is 13.8. The summed E-state index contributed by atoms with van der Waals surface area (Å²) in [5.74, 6) is 0. The average molecular weight is 501 g/mol. The van der Waals surface area contributed by atoms with Crippen molar-refractivity contribution in [1.29, 1.82) is 0 Å². The lowest BCUT2D eigenvalue weighted by Crippen LogP contribution is -2.52. The van der Waals surface area contributed by atoms with Gasteiger partial charge in [0.2, 0.25) is 0 Å². The Balaban J connectivity index is 1.57. The third-order valence-electron chi connectivity index (χ3n) is 11.2. The molecule has 0 aliphatic heterocycles. The molecule has 4 aliphatic rings. The maximum absolute atomic E-state index is 4.86. The van der Waals surface area contributed by atoms with Crippen molar-refractivity contribution in [2.45, 2.75) is 87.0 Å². The van der Waals surface area contributed by atoms with Crippen molar-refractivity contribution < 1.29 is 0 Å².